The number of carbonyl (C=O) groups excluding carboxylic acids is 2. The minimum Gasteiger partial charge on any atom is -0.391 e. The van der Waals surface area contributed by atoms with Gasteiger partial charge in [0.15, 0.2) is 0 Å². The third-order valence-corrected chi connectivity index (χ3v) is 6.79. The number of nitrogens with one attached hydrogen (secondary N) is 1. The molecule has 2 rings (SSSR count). The Balaban J connectivity index is 2.03. The van der Waals surface area contributed by atoms with Gasteiger partial charge in [-0.1, -0.05) is 52.8 Å². The first-order valence-corrected chi connectivity index (χ1v) is 12.4. The molecule has 0 aliphatic carbocycles. The molecule has 7 heteroatoms. The number of carbonyl (C=O) groups is 2. The van der Waals surface area contributed by atoms with Crippen LogP contribution in [0.2, 0.25) is 0 Å². The van der Waals surface area contributed by atoms with Crippen molar-refractivity contribution in [3.8, 4) is 0 Å². The molecule has 1 aromatic carbocycles. The summed E-state index contributed by atoms with van der Waals surface area (Å²) in [4.78, 5) is 29.7. The van der Waals surface area contributed by atoms with Crippen molar-refractivity contribution in [1.82, 2.24) is 10.2 Å². The summed E-state index contributed by atoms with van der Waals surface area (Å²) < 4.78 is 0. The molecule has 1 fully saturated rings. The van der Waals surface area contributed by atoms with Gasteiger partial charge in [0.2, 0.25) is 11.8 Å². The Labute approximate surface area is 206 Å². The zero-order chi connectivity index (χ0) is 25.8. The SMILES string of the molecule is Cc1ccccc1N1CC(C)(C)N(C[C@H](N)[C@@H](O)C[C@H](C(=O)NCC(C)(C)C)C(C)C)CC1=O. The first-order valence-electron chi connectivity index (χ1n) is 12.4. The van der Waals surface area contributed by atoms with Crippen LogP contribution in [0.1, 0.15) is 60.5 Å². The fraction of sp³-hybridized carbons (Fsp3) is 0.704. The third kappa shape index (κ3) is 7.52. The smallest absolute Gasteiger partial charge is 0.241 e. The van der Waals surface area contributed by atoms with Crippen molar-refractivity contribution in [2.45, 2.75) is 79.5 Å². The van der Waals surface area contributed by atoms with E-state index in [1.165, 1.54) is 0 Å². The first kappa shape index (κ1) is 28.3. The molecule has 0 unspecified atom stereocenters. The lowest BCUT2D eigenvalue weighted by atomic mass is 9.86. The molecule has 0 radical (unpaired) electrons. The molecule has 4 N–H and O–H groups in total. The lowest BCUT2D eigenvalue weighted by Crippen LogP contribution is -2.64. The number of aryl methyl sites for hydroxylation is 1. The van der Waals surface area contributed by atoms with Crippen LogP contribution in [-0.2, 0) is 9.59 Å². The van der Waals surface area contributed by atoms with Crippen molar-refractivity contribution >= 4 is 17.5 Å². The number of nitrogens with zero attached hydrogens (tertiary/aromatic N) is 2. The van der Waals surface area contributed by atoms with E-state index < -0.39 is 12.1 Å². The summed E-state index contributed by atoms with van der Waals surface area (Å²) in [6, 6.07) is 7.35. The maximum absolute atomic E-state index is 13.0. The molecule has 1 saturated heterocycles. The van der Waals surface area contributed by atoms with Crippen LogP contribution in [0.4, 0.5) is 5.69 Å². The van der Waals surface area contributed by atoms with Crippen LogP contribution in [-0.4, -0.2) is 65.7 Å². The Kier molecular flexibility index (Phi) is 9.30. The van der Waals surface area contributed by atoms with Crippen molar-refractivity contribution in [1.29, 1.82) is 0 Å². The second kappa shape index (κ2) is 11.2. The van der Waals surface area contributed by atoms with Crippen LogP contribution in [0, 0.1) is 24.2 Å². The van der Waals surface area contributed by atoms with E-state index in [1.807, 2.05) is 49.9 Å². The van der Waals surface area contributed by atoms with Gasteiger partial charge in [-0.3, -0.25) is 14.5 Å². The molecule has 1 aromatic rings. The maximum Gasteiger partial charge on any atom is 0.241 e. The summed E-state index contributed by atoms with van der Waals surface area (Å²) in [7, 11) is 0. The highest BCUT2D eigenvalue weighted by atomic mass is 16.3. The molecule has 0 spiro atoms. The van der Waals surface area contributed by atoms with Gasteiger partial charge in [-0.15, -0.1) is 0 Å². The topological polar surface area (TPSA) is 98.9 Å². The van der Waals surface area contributed by atoms with Crippen LogP contribution < -0.4 is 16.0 Å². The molecule has 192 valence electrons. The largest absolute Gasteiger partial charge is 0.391 e. The number of para-hydroxylation sites is 1. The van der Waals surface area contributed by atoms with Gasteiger partial charge < -0.3 is 21.1 Å². The summed E-state index contributed by atoms with van der Waals surface area (Å²) in [5.41, 5.74) is 8.11. The van der Waals surface area contributed by atoms with Gasteiger partial charge in [0, 0.05) is 42.8 Å². The summed E-state index contributed by atoms with van der Waals surface area (Å²) in [6.45, 7) is 18.2. The Hall–Kier alpha value is -1.96. The summed E-state index contributed by atoms with van der Waals surface area (Å²) in [6.07, 6.45) is -0.542. The van der Waals surface area contributed by atoms with Gasteiger partial charge in [-0.05, 0) is 50.2 Å². The van der Waals surface area contributed by atoms with E-state index >= 15 is 0 Å². The Morgan fingerprint density at radius 2 is 1.85 bits per heavy atom. The number of aliphatic hydroxyl groups excluding tert-OH is 1. The number of piperazine rings is 1. The Morgan fingerprint density at radius 1 is 1.24 bits per heavy atom. The Bertz CT molecular complexity index is 847. The average molecular weight is 475 g/mol. The van der Waals surface area contributed by atoms with Gasteiger partial charge in [-0.25, -0.2) is 0 Å². The van der Waals surface area contributed by atoms with Crippen LogP contribution in [0.3, 0.4) is 0 Å². The molecule has 2 amide bonds. The molecule has 0 bridgehead atoms. The second-order valence-corrected chi connectivity index (χ2v) is 12.1. The van der Waals surface area contributed by atoms with E-state index in [0.717, 1.165) is 11.3 Å². The van der Waals surface area contributed by atoms with E-state index in [-0.39, 0.29) is 41.1 Å². The predicted molar refractivity (Wildman–Crippen MR) is 139 cm³/mol. The average Bonchev–Trinajstić information content (AvgIpc) is 2.72. The molecule has 34 heavy (non-hydrogen) atoms. The van der Waals surface area contributed by atoms with Crippen molar-refractivity contribution in [3.05, 3.63) is 29.8 Å². The number of hydrogen-bond acceptors (Lipinski definition) is 5. The van der Waals surface area contributed by atoms with Gasteiger partial charge in [0.05, 0.1) is 12.6 Å². The van der Waals surface area contributed by atoms with Crippen molar-refractivity contribution in [2.24, 2.45) is 23.0 Å². The fourth-order valence-corrected chi connectivity index (χ4v) is 4.41. The summed E-state index contributed by atoms with van der Waals surface area (Å²) in [5, 5.41) is 13.9. The molecular formula is C27H46N4O3. The number of anilines is 1. The zero-order valence-electron chi connectivity index (χ0n) is 22.4. The number of rotatable bonds is 9. The molecule has 1 aliphatic heterocycles. The number of nitrogens with two attached hydrogens (primary N) is 1. The van der Waals surface area contributed by atoms with Crippen molar-refractivity contribution in [3.63, 3.8) is 0 Å². The zero-order valence-corrected chi connectivity index (χ0v) is 22.4. The van der Waals surface area contributed by atoms with Gasteiger partial charge in [0.1, 0.15) is 0 Å². The van der Waals surface area contributed by atoms with Gasteiger partial charge >= 0.3 is 0 Å². The van der Waals surface area contributed by atoms with E-state index in [9.17, 15) is 14.7 Å². The highest BCUT2D eigenvalue weighted by Gasteiger charge is 2.40. The van der Waals surface area contributed by atoms with Gasteiger partial charge in [-0.2, -0.15) is 0 Å². The third-order valence-electron chi connectivity index (χ3n) is 6.79. The number of hydrogen-bond donors (Lipinski definition) is 3. The molecule has 0 aromatic heterocycles. The number of aliphatic hydroxyl groups is 1. The highest BCUT2D eigenvalue weighted by Crippen LogP contribution is 2.29. The highest BCUT2D eigenvalue weighted by molar-refractivity contribution is 5.96. The first-order chi connectivity index (χ1) is 15.6. The number of benzene rings is 1. The maximum atomic E-state index is 13.0. The summed E-state index contributed by atoms with van der Waals surface area (Å²) in [5.74, 6) is -0.260. The molecular weight excluding hydrogens is 428 g/mol. The summed E-state index contributed by atoms with van der Waals surface area (Å²) >= 11 is 0. The lowest BCUT2D eigenvalue weighted by molar-refractivity contribution is -0.128. The van der Waals surface area contributed by atoms with E-state index in [1.54, 1.807) is 0 Å². The molecule has 0 saturated carbocycles. The fourth-order valence-electron chi connectivity index (χ4n) is 4.41. The van der Waals surface area contributed by atoms with Crippen LogP contribution in [0.25, 0.3) is 0 Å². The van der Waals surface area contributed by atoms with E-state index in [4.69, 9.17) is 5.73 Å². The monoisotopic (exact) mass is 474 g/mol. The van der Waals surface area contributed by atoms with Crippen LogP contribution >= 0.6 is 0 Å². The molecule has 1 aliphatic rings. The second-order valence-electron chi connectivity index (χ2n) is 12.1. The van der Waals surface area contributed by atoms with E-state index in [2.05, 4.69) is 44.8 Å². The Morgan fingerprint density at radius 3 is 2.41 bits per heavy atom. The normalized spacial score (nSPS) is 19.7. The number of amides is 2. The molecule has 3 atom stereocenters. The lowest BCUT2D eigenvalue weighted by Gasteiger charge is -2.48. The minimum absolute atomic E-state index is 0.00916. The van der Waals surface area contributed by atoms with Crippen molar-refractivity contribution < 1.29 is 14.7 Å². The molecule has 7 nitrogen and oxygen atoms in total. The van der Waals surface area contributed by atoms with E-state index in [0.29, 0.717) is 26.1 Å². The van der Waals surface area contributed by atoms with Crippen LogP contribution in [0.5, 0.6) is 0 Å². The van der Waals surface area contributed by atoms with Gasteiger partial charge in [0.25, 0.3) is 0 Å². The predicted octanol–water partition coefficient (Wildman–Crippen LogP) is 2.94. The van der Waals surface area contributed by atoms with Crippen molar-refractivity contribution in [2.75, 3.05) is 31.1 Å². The minimum atomic E-state index is -0.840. The van der Waals surface area contributed by atoms with Crippen LogP contribution in [0.15, 0.2) is 24.3 Å². The molecule has 1 heterocycles. The standard InChI is InChI=1S/C27H46N4O3/c1-18(2)20(25(34)29-16-26(4,5)6)13-23(32)21(28)14-30-15-24(33)31(17-27(30,7)8)22-12-10-9-11-19(22)3/h9-12,18,20-21,23,32H,13-17,28H2,1-8H3,(H,29,34)/t20-,21-,23-/m0/s1. The quantitative estimate of drug-likeness (QED) is 0.511.